The largest absolute Gasteiger partial charge is 0.283 e. The molecule has 1 unspecified atom stereocenters. The number of aryl methyl sites for hydroxylation is 1. The minimum atomic E-state index is 0.278. The van der Waals surface area contributed by atoms with Crippen LogP contribution in [0, 0.1) is 6.92 Å². The van der Waals surface area contributed by atoms with Gasteiger partial charge in [-0.1, -0.05) is 0 Å². The van der Waals surface area contributed by atoms with Gasteiger partial charge in [0.1, 0.15) is 0 Å². The quantitative estimate of drug-likeness (QED) is 0.667. The summed E-state index contributed by atoms with van der Waals surface area (Å²) in [5, 5.41) is 6.60. The maximum absolute atomic E-state index is 4.54. The average Bonchev–Trinajstić information content (AvgIpc) is 2.66. The Bertz CT molecular complexity index is 473. The lowest BCUT2D eigenvalue weighted by atomic mass is 10.3. The molecule has 0 saturated heterocycles. The van der Waals surface area contributed by atoms with Gasteiger partial charge in [-0.15, -0.1) is 10.1 Å². The second-order valence-corrected chi connectivity index (χ2v) is 4.71. The van der Waals surface area contributed by atoms with Crippen molar-refractivity contribution < 1.29 is 9.14 Å². The van der Waals surface area contributed by atoms with E-state index in [4.69, 9.17) is 0 Å². The highest BCUT2D eigenvalue weighted by molar-refractivity contribution is 5.74. The Morgan fingerprint density at radius 1 is 1.29 bits per heavy atom. The normalized spacial score (nSPS) is 20.6. The van der Waals surface area contributed by atoms with E-state index < -0.39 is 0 Å². The molecule has 1 N–H and O–H groups in total. The molecule has 6 heteroatoms. The molecule has 6 nitrogen and oxygen atoms in total. The van der Waals surface area contributed by atoms with Crippen LogP contribution in [-0.4, -0.2) is 45.5 Å². The maximum Gasteiger partial charge on any atom is 0.283 e. The fraction of sp³-hybridized carbons (Fsp3) is 0.727. The van der Waals surface area contributed by atoms with Gasteiger partial charge in [0.05, 0.1) is 34.6 Å². The summed E-state index contributed by atoms with van der Waals surface area (Å²) in [5.41, 5.74) is 3.42. The third-order valence-electron chi connectivity index (χ3n) is 3.79. The SMILES string of the molecule is CC1=[N+](C)C(Cc2nn(C)c(C)[n+]2C)NN1C. The van der Waals surface area contributed by atoms with Crippen LogP contribution in [-0.2, 0) is 20.5 Å². The zero-order valence-electron chi connectivity index (χ0n) is 11.5. The van der Waals surface area contributed by atoms with Crippen LogP contribution in [0.3, 0.4) is 0 Å². The van der Waals surface area contributed by atoms with Crippen LogP contribution < -0.4 is 9.99 Å². The Labute approximate surface area is 102 Å². The smallest absolute Gasteiger partial charge is 0.247 e. The van der Waals surface area contributed by atoms with Gasteiger partial charge in [-0.3, -0.25) is 0 Å². The highest BCUT2D eigenvalue weighted by Crippen LogP contribution is 2.04. The molecule has 0 fully saturated rings. The fourth-order valence-corrected chi connectivity index (χ4v) is 2.12. The Kier molecular flexibility index (Phi) is 2.91. The third kappa shape index (κ3) is 1.93. The third-order valence-corrected chi connectivity index (χ3v) is 3.79. The Balaban J connectivity index is 2.21. The Morgan fingerprint density at radius 2 is 1.94 bits per heavy atom. The molecule has 0 aliphatic carbocycles. The van der Waals surface area contributed by atoms with Crippen LogP contribution >= 0.6 is 0 Å². The van der Waals surface area contributed by atoms with E-state index in [-0.39, 0.29) is 6.17 Å². The number of nitrogens with zero attached hydrogens (tertiary/aromatic N) is 5. The second-order valence-electron chi connectivity index (χ2n) is 4.71. The summed E-state index contributed by atoms with van der Waals surface area (Å²) in [6, 6.07) is 0. The molecular formula is C11H22N6+2. The van der Waals surface area contributed by atoms with E-state index in [1.165, 1.54) is 5.84 Å². The van der Waals surface area contributed by atoms with Gasteiger partial charge in [0.25, 0.3) is 11.7 Å². The number of hydrogen-bond donors (Lipinski definition) is 1. The van der Waals surface area contributed by atoms with Gasteiger partial charge >= 0.3 is 0 Å². The molecule has 1 aromatic rings. The predicted molar refractivity (Wildman–Crippen MR) is 64.4 cm³/mol. The summed E-state index contributed by atoms with van der Waals surface area (Å²) in [4.78, 5) is 0. The minimum Gasteiger partial charge on any atom is -0.247 e. The Morgan fingerprint density at radius 3 is 2.35 bits per heavy atom. The number of rotatable bonds is 2. The summed E-state index contributed by atoms with van der Waals surface area (Å²) in [6.45, 7) is 4.18. The van der Waals surface area contributed by atoms with Crippen LogP contribution in [0.15, 0.2) is 0 Å². The van der Waals surface area contributed by atoms with Crippen molar-refractivity contribution in [2.24, 2.45) is 14.1 Å². The zero-order chi connectivity index (χ0) is 12.7. The summed E-state index contributed by atoms with van der Waals surface area (Å²) < 4.78 is 6.30. The number of amidine groups is 1. The molecule has 1 atom stereocenters. The second kappa shape index (κ2) is 4.10. The van der Waals surface area contributed by atoms with E-state index in [1.807, 2.05) is 18.8 Å². The molecule has 0 spiro atoms. The molecule has 1 aliphatic rings. The van der Waals surface area contributed by atoms with Gasteiger partial charge in [0.15, 0.2) is 6.17 Å². The molecule has 0 saturated carbocycles. The average molecular weight is 238 g/mol. The molecule has 17 heavy (non-hydrogen) atoms. The minimum absolute atomic E-state index is 0.278. The Hall–Kier alpha value is -1.43. The van der Waals surface area contributed by atoms with Crippen LogP contribution in [0.1, 0.15) is 18.6 Å². The first-order chi connectivity index (χ1) is 7.91. The van der Waals surface area contributed by atoms with Crippen molar-refractivity contribution in [2.75, 3.05) is 14.1 Å². The van der Waals surface area contributed by atoms with E-state index in [0.29, 0.717) is 0 Å². The zero-order valence-corrected chi connectivity index (χ0v) is 11.5. The van der Waals surface area contributed by atoms with Gasteiger partial charge < -0.3 is 0 Å². The first kappa shape index (κ1) is 12.0. The topological polar surface area (TPSA) is 40.0 Å². The molecular weight excluding hydrogens is 216 g/mol. The van der Waals surface area contributed by atoms with Crippen LogP contribution in [0.25, 0.3) is 0 Å². The first-order valence-electron chi connectivity index (χ1n) is 5.86. The predicted octanol–water partition coefficient (Wildman–Crippen LogP) is -1.07. The molecule has 94 valence electrons. The number of hydrazine groups is 1. The molecule has 2 heterocycles. The summed E-state index contributed by atoms with van der Waals surface area (Å²) >= 11 is 0. The summed E-state index contributed by atoms with van der Waals surface area (Å²) in [5.74, 6) is 3.48. The lowest BCUT2D eigenvalue weighted by Gasteiger charge is -2.06. The molecule has 1 aliphatic heterocycles. The van der Waals surface area contributed by atoms with E-state index in [9.17, 15) is 0 Å². The number of likely N-dealkylation sites (N-methyl/N-ethyl adjacent to an activating group) is 1. The lowest BCUT2D eigenvalue weighted by Crippen LogP contribution is -2.43. The van der Waals surface area contributed by atoms with E-state index in [1.54, 1.807) is 0 Å². The van der Waals surface area contributed by atoms with E-state index >= 15 is 0 Å². The summed E-state index contributed by atoms with van der Waals surface area (Å²) in [7, 11) is 8.18. The van der Waals surface area contributed by atoms with Crippen molar-refractivity contribution in [3.63, 3.8) is 0 Å². The molecule has 0 amide bonds. The van der Waals surface area contributed by atoms with Crippen molar-refractivity contribution in [1.29, 1.82) is 0 Å². The van der Waals surface area contributed by atoms with Gasteiger partial charge in [0.2, 0.25) is 5.82 Å². The molecule has 2 rings (SSSR count). The van der Waals surface area contributed by atoms with E-state index in [0.717, 1.165) is 18.1 Å². The highest BCUT2D eigenvalue weighted by Gasteiger charge is 2.34. The number of aromatic nitrogens is 3. The molecule has 0 aromatic carbocycles. The van der Waals surface area contributed by atoms with Crippen molar-refractivity contribution in [2.45, 2.75) is 26.4 Å². The number of hydrogen-bond acceptors (Lipinski definition) is 3. The van der Waals surface area contributed by atoms with Crippen LogP contribution in [0.2, 0.25) is 0 Å². The summed E-state index contributed by atoms with van der Waals surface area (Å²) in [6.07, 6.45) is 1.16. The monoisotopic (exact) mass is 238 g/mol. The van der Waals surface area contributed by atoms with Gasteiger partial charge in [-0.05, 0) is 0 Å². The maximum atomic E-state index is 4.54. The molecule has 1 aromatic heterocycles. The van der Waals surface area contributed by atoms with Crippen LogP contribution in [0.5, 0.6) is 0 Å². The van der Waals surface area contributed by atoms with E-state index in [2.05, 4.69) is 52.6 Å². The van der Waals surface area contributed by atoms with Gasteiger partial charge in [-0.2, -0.15) is 5.01 Å². The number of nitrogens with one attached hydrogen (secondary N) is 1. The van der Waals surface area contributed by atoms with Crippen LogP contribution in [0.4, 0.5) is 0 Å². The lowest BCUT2D eigenvalue weighted by molar-refractivity contribution is -0.688. The van der Waals surface area contributed by atoms with Crippen molar-refractivity contribution in [3.8, 4) is 0 Å². The standard InChI is InChI=1S/C11H22N6/c1-8-14(3)10(12-16(8)5)7-11-13-17(6)9(2)15(11)4/h10,12H,7H2,1-6H3/q+2. The molecule has 0 bridgehead atoms. The van der Waals surface area contributed by atoms with Gasteiger partial charge in [0, 0.05) is 18.9 Å². The van der Waals surface area contributed by atoms with Crippen molar-refractivity contribution in [1.82, 2.24) is 20.2 Å². The fourth-order valence-electron chi connectivity index (χ4n) is 2.12. The first-order valence-corrected chi connectivity index (χ1v) is 5.86. The van der Waals surface area contributed by atoms with Gasteiger partial charge in [-0.25, -0.2) is 9.14 Å². The van der Waals surface area contributed by atoms with Crippen molar-refractivity contribution in [3.05, 3.63) is 11.6 Å². The van der Waals surface area contributed by atoms with Crippen molar-refractivity contribution >= 4 is 5.84 Å². The highest BCUT2D eigenvalue weighted by atomic mass is 15.6. The molecule has 0 radical (unpaired) electrons.